The minimum Gasteiger partial charge on any atom is -0.379 e. The smallest absolute Gasteiger partial charge is 0.371 e. The first-order valence-electron chi connectivity index (χ1n) is 15.7. The number of rotatable bonds is 7. The van der Waals surface area contributed by atoms with E-state index in [1.807, 2.05) is 0 Å². The van der Waals surface area contributed by atoms with Gasteiger partial charge in [0, 0.05) is 27.7 Å². The van der Waals surface area contributed by atoms with Gasteiger partial charge in [-0.2, -0.15) is 26.4 Å². The van der Waals surface area contributed by atoms with Gasteiger partial charge in [0.25, 0.3) is 21.7 Å². The Balaban J connectivity index is 1.23. The molecule has 1 fully saturated rings. The van der Waals surface area contributed by atoms with Crippen LogP contribution in [0.4, 0.5) is 0 Å². The van der Waals surface area contributed by atoms with Crippen LogP contribution in [0.25, 0.3) is 26.4 Å². The molecule has 0 heterocycles. The molecule has 3 aliphatic rings. The average Bonchev–Trinajstić information content (AvgIpc) is 3.63. The minimum atomic E-state index is -4.88. The van der Waals surface area contributed by atoms with Crippen molar-refractivity contribution in [3.05, 3.63) is 153 Å². The van der Waals surface area contributed by atoms with Crippen molar-refractivity contribution in [3.8, 4) is 5.75 Å². The molecule has 0 aromatic heterocycles. The van der Waals surface area contributed by atoms with Gasteiger partial charge < -0.3 is 15.2 Å². The van der Waals surface area contributed by atoms with Gasteiger partial charge in [-0.1, -0.05) is 97.8 Å². The number of fused-ring (bicyclic) bond motifs is 2. The lowest BCUT2D eigenvalue weighted by Crippen LogP contribution is -2.27. The number of carbonyl (C=O) groups is 2. The van der Waals surface area contributed by atoms with E-state index in [0.717, 1.165) is 42.9 Å². The molecule has 0 radical (unpaired) electrons. The van der Waals surface area contributed by atoms with Crippen molar-refractivity contribution in [3.63, 3.8) is 0 Å². The van der Waals surface area contributed by atoms with Crippen molar-refractivity contribution in [2.45, 2.75) is 31.1 Å². The van der Waals surface area contributed by atoms with E-state index in [2.05, 4.69) is 9.58 Å². The van der Waals surface area contributed by atoms with E-state index in [0.29, 0.717) is 0 Å². The highest BCUT2D eigenvalue weighted by molar-refractivity contribution is 7.96. The van der Waals surface area contributed by atoms with Crippen LogP contribution in [0.5, 0.6) is 5.75 Å². The molecule has 3 aliphatic carbocycles. The third-order valence-electron chi connectivity index (χ3n) is 9.56. The number of carbonyl (C=O) groups excluding carboxylic acids is 2. The number of nitrogens with zero attached hydrogens (tertiary/aromatic N) is 4. The fourth-order valence-electron chi connectivity index (χ4n) is 7.26. The molecule has 4 aromatic carbocycles. The molecule has 51 heavy (non-hydrogen) atoms. The zero-order valence-corrected chi connectivity index (χ0v) is 28.2. The van der Waals surface area contributed by atoms with Crippen LogP contribution >= 0.6 is 0 Å². The monoisotopic (exact) mass is 718 g/mol. The fourth-order valence-corrected chi connectivity index (χ4v) is 9.34. The summed E-state index contributed by atoms with van der Waals surface area (Å²) >= 11 is 0. The van der Waals surface area contributed by atoms with Gasteiger partial charge in [0.15, 0.2) is 0 Å². The van der Waals surface area contributed by atoms with Crippen molar-refractivity contribution in [1.82, 2.24) is 0 Å². The zero-order valence-electron chi connectivity index (χ0n) is 26.6. The van der Waals surface area contributed by atoms with Crippen LogP contribution in [0.1, 0.15) is 74.2 Å². The Morgan fingerprint density at radius 2 is 1.20 bits per heavy atom. The molecular formula is C37H26N4O8S2. The van der Waals surface area contributed by atoms with E-state index < -0.39 is 53.5 Å². The van der Waals surface area contributed by atoms with E-state index in [-0.39, 0.29) is 44.0 Å². The number of ketones is 2. The summed E-state index contributed by atoms with van der Waals surface area (Å²) in [5, 5.41) is 0. The predicted molar refractivity (Wildman–Crippen MR) is 187 cm³/mol. The van der Waals surface area contributed by atoms with E-state index in [9.17, 15) is 42.0 Å². The predicted octanol–water partition coefficient (Wildman–Crippen LogP) is 5.79. The van der Waals surface area contributed by atoms with Crippen molar-refractivity contribution in [2.75, 3.05) is 0 Å². The Morgan fingerprint density at radius 1 is 0.667 bits per heavy atom. The van der Waals surface area contributed by atoms with Crippen LogP contribution in [-0.4, -0.2) is 54.0 Å². The van der Waals surface area contributed by atoms with Gasteiger partial charge in [0.1, 0.15) is 15.6 Å². The second kappa shape index (κ2) is 12.5. The number of benzene rings is 4. The van der Waals surface area contributed by atoms with Gasteiger partial charge in [-0.25, -0.2) is 0 Å². The third-order valence-corrected chi connectivity index (χ3v) is 11.8. The molecule has 0 amide bonds. The van der Waals surface area contributed by atoms with E-state index in [1.165, 1.54) is 48.5 Å². The van der Waals surface area contributed by atoms with Crippen LogP contribution in [0, 0.1) is 0 Å². The van der Waals surface area contributed by atoms with Crippen molar-refractivity contribution in [2.24, 2.45) is 0 Å². The Labute approximate surface area is 292 Å². The van der Waals surface area contributed by atoms with Crippen LogP contribution in [-0.2, 0) is 25.7 Å². The average molecular weight is 719 g/mol. The largest absolute Gasteiger partial charge is 0.379 e. The summed E-state index contributed by atoms with van der Waals surface area (Å²) in [6.45, 7) is 0. The van der Waals surface area contributed by atoms with Gasteiger partial charge >= 0.3 is 21.5 Å². The first kappa shape index (κ1) is 33.6. The van der Waals surface area contributed by atoms with Gasteiger partial charge in [-0.05, 0) is 41.7 Å². The molecule has 0 saturated heterocycles. The Bertz CT molecular complexity index is 2570. The molecule has 1 N–H and O–H groups in total. The molecule has 7 rings (SSSR count). The van der Waals surface area contributed by atoms with E-state index in [4.69, 9.17) is 4.18 Å². The summed E-state index contributed by atoms with van der Waals surface area (Å²) in [4.78, 5) is 31.1. The maximum absolute atomic E-state index is 13.5. The first-order chi connectivity index (χ1) is 24.4. The zero-order chi connectivity index (χ0) is 36.1. The summed E-state index contributed by atoms with van der Waals surface area (Å²) in [6.07, 6.45) is 4.28. The molecule has 254 valence electrons. The molecule has 0 spiro atoms. The Hall–Kier alpha value is -5.88. The summed E-state index contributed by atoms with van der Waals surface area (Å²) in [7, 11) is -9.36. The number of hydrogen-bond donors (Lipinski definition) is 1. The summed E-state index contributed by atoms with van der Waals surface area (Å²) < 4.78 is 68.0. The van der Waals surface area contributed by atoms with E-state index >= 15 is 0 Å². The number of Topliss-reactive ketones (excluding diaryl/α,β-unsaturated/α-hetero) is 2. The molecule has 14 heteroatoms. The maximum Gasteiger partial charge on any atom is 0.371 e. The second-order valence-corrected chi connectivity index (χ2v) is 15.2. The molecule has 4 aromatic rings. The lowest BCUT2D eigenvalue weighted by Gasteiger charge is -2.31. The Morgan fingerprint density at radius 3 is 1.75 bits per heavy atom. The lowest BCUT2D eigenvalue weighted by molar-refractivity contribution is -0.00443. The normalized spacial score (nSPS) is 16.9. The molecule has 0 bridgehead atoms. The second-order valence-electron chi connectivity index (χ2n) is 12.3. The molecule has 0 atom stereocenters. The van der Waals surface area contributed by atoms with Crippen molar-refractivity contribution < 1.29 is 44.7 Å². The first-order valence-corrected chi connectivity index (χ1v) is 18.6. The highest BCUT2D eigenvalue weighted by atomic mass is 32.2. The summed E-state index contributed by atoms with van der Waals surface area (Å²) in [5.74, 6) is -1.31. The topological polar surface area (TPSA) is 205 Å². The van der Waals surface area contributed by atoms with Crippen LogP contribution < -0.4 is 4.18 Å². The van der Waals surface area contributed by atoms with Gasteiger partial charge in [0.05, 0.1) is 11.6 Å². The molecule has 1 saturated carbocycles. The Kier molecular flexibility index (Phi) is 8.22. The van der Waals surface area contributed by atoms with Gasteiger partial charge in [0.2, 0.25) is 0 Å². The quantitative estimate of drug-likeness (QED) is 0.107. The minimum absolute atomic E-state index is 0.00694. The van der Waals surface area contributed by atoms with Crippen LogP contribution in [0.15, 0.2) is 103 Å². The third kappa shape index (κ3) is 5.61. The number of hydrogen-bond acceptors (Lipinski definition) is 7. The standard InChI is InChI=1S/C37H26N4O8S2/c38-40-30-21-31(26-7-1-2-8-27(26)34(30)42)51(47,48)49-25-17-15-24(16-18-25)37(19-5-6-20-37)23-13-11-22(12-14-23)32-33(41-39)35(43)28-9-3-4-10-29(28)36(32)50(44,45)46/h1-4,7-18,21H,5-6,19-20H2,(H,44,45,46). The lowest BCUT2D eigenvalue weighted by atomic mass is 9.72. The van der Waals surface area contributed by atoms with Crippen molar-refractivity contribution in [1.29, 1.82) is 0 Å². The maximum atomic E-state index is 13.5. The van der Waals surface area contributed by atoms with Gasteiger partial charge in [-0.15, -0.1) is 0 Å². The van der Waals surface area contributed by atoms with Crippen molar-refractivity contribution >= 4 is 58.6 Å². The number of allylic oxidation sites excluding steroid dienone is 2. The van der Waals surface area contributed by atoms with Crippen LogP contribution in [0.2, 0.25) is 0 Å². The molecule has 0 aliphatic heterocycles. The molecular weight excluding hydrogens is 693 g/mol. The molecule has 12 nitrogen and oxygen atoms in total. The summed E-state index contributed by atoms with van der Waals surface area (Å²) in [6, 6.07) is 25.3. The van der Waals surface area contributed by atoms with Gasteiger partial charge in [-0.3, -0.25) is 14.1 Å². The summed E-state index contributed by atoms with van der Waals surface area (Å²) in [5.41, 5.74) is 19.6. The van der Waals surface area contributed by atoms with E-state index in [1.54, 1.807) is 48.5 Å². The SMILES string of the molecule is [N-]=[N+]=C1C=C(S(=O)(=O)Oc2ccc(C3(c4ccc(C5=C(S(=O)(=O)O)c6ccccc6C(=O)C5=[N+]=[N-])cc4)CCCC3)cc2)c2ccccc2C1=O. The highest BCUT2D eigenvalue weighted by Crippen LogP contribution is 2.47. The van der Waals surface area contributed by atoms with Crippen LogP contribution in [0.3, 0.4) is 0 Å². The highest BCUT2D eigenvalue weighted by Gasteiger charge is 2.43. The molecule has 0 unspecified atom stereocenters. The fraction of sp³-hybridized carbons (Fsp3) is 0.135.